The lowest BCUT2D eigenvalue weighted by molar-refractivity contribution is -0.385. The summed E-state index contributed by atoms with van der Waals surface area (Å²) in [4.78, 5) is 21.1. The molecule has 0 heterocycles. The number of nitro benzene ring substituents is 1. The highest BCUT2D eigenvalue weighted by molar-refractivity contribution is 5.68. The minimum atomic E-state index is -0.855. The monoisotopic (exact) mass is 281 g/mol. The fraction of sp³-hybridized carbons (Fsp3) is 0.462. The highest BCUT2D eigenvalue weighted by Gasteiger charge is 2.45. The molecule has 1 saturated carbocycles. The summed E-state index contributed by atoms with van der Waals surface area (Å²) in [5, 5.41) is 19.7. The molecule has 1 N–H and O–H groups in total. The predicted molar refractivity (Wildman–Crippen MR) is 69.1 cm³/mol. The fourth-order valence-electron chi connectivity index (χ4n) is 2.01. The highest BCUT2D eigenvalue weighted by atomic mass is 16.6. The summed E-state index contributed by atoms with van der Waals surface area (Å²) < 4.78 is 10.4. The van der Waals surface area contributed by atoms with E-state index in [0.29, 0.717) is 5.75 Å². The lowest BCUT2D eigenvalue weighted by Crippen LogP contribution is -2.17. The molecular weight excluding hydrogens is 266 g/mol. The quantitative estimate of drug-likeness (QED) is 0.607. The van der Waals surface area contributed by atoms with Crippen molar-refractivity contribution in [1.29, 1.82) is 0 Å². The third-order valence-electron chi connectivity index (χ3n) is 3.38. The molecule has 1 fully saturated rings. The Labute approximate surface area is 115 Å². The van der Waals surface area contributed by atoms with E-state index in [0.717, 1.165) is 12.8 Å². The molecule has 7 nitrogen and oxygen atoms in total. The standard InChI is InChI=1S/C13H15NO6/c1-19-11-3-2-9(6-10(11)14(17)18)20-8-13(4-5-13)7-12(15)16/h2-3,6H,4-5,7-8H2,1H3,(H,15,16). The first-order valence-electron chi connectivity index (χ1n) is 6.13. The van der Waals surface area contributed by atoms with Crippen LogP contribution in [0.5, 0.6) is 11.5 Å². The van der Waals surface area contributed by atoms with Gasteiger partial charge < -0.3 is 14.6 Å². The van der Waals surface area contributed by atoms with E-state index in [2.05, 4.69) is 0 Å². The zero-order chi connectivity index (χ0) is 14.8. The first kappa shape index (κ1) is 14.1. The van der Waals surface area contributed by atoms with E-state index in [1.165, 1.54) is 19.2 Å². The number of aliphatic carboxylic acids is 1. The van der Waals surface area contributed by atoms with Gasteiger partial charge in [0.05, 0.1) is 31.1 Å². The second-order valence-corrected chi connectivity index (χ2v) is 4.95. The van der Waals surface area contributed by atoms with Crippen LogP contribution in [0.3, 0.4) is 0 Å². The summed E-state index contributed by atoms with van der Waals surface area (Å²) in [6.07, 6.45) is 1.67. The molecule has 1 aliphatic carbocycles. The highest BCUT2D eigenvalue weighted by Crippen LogP contribution is 2.49. The number of carboxylic acid groups (broad SMARTS) is 1. The Kier molecular flexibility index (Phi) is 3.78. The Bertz CT molecular complexity index is 538. The Morgan fingerprint density at radius 2 is 2.20 bits per heavy atom. The zero-order valence-electron chi connectivity index (χ0n) is 11.0. The minimum absolute atomic E-state index is 0.0608. The van der Waals surface area contributed by atoms with Gasteiger partial charge in [0.15, 0.2) is 5.75 Å². The molecule has 0 radical (unpaired) electrons. The zero-order valence-corrected chi connectivity index (χ0v) is 11.0. The number of nitro groups is 1. The van der Waals surface area contributed by atoms with Crippen LogP contribution in [0.1, 0.15) is 19.3 Å². The molecule has 0 unspecified atom stereocenters. The number of hydrogen-bond donors (Lipinski definition) is 1. The Hall–Kier alpha value is -2.31. The Morgan fingerprint density at radius 1 is 1.50 bits per heavy atom. The van der Waals surface area contributed by atoms with Gasteiger partial charge in [0.25, 0.3) is 0 Å². The van der Waals surface area contributed by atoms with Crippen LogP contribution >= 0.6 is 0 Å². The van der Waals surface area contributed by atoms with Crippen LogP contribution in [0.4, 0.5) is 5.69 Å². The first-order chi connectivity index (χ1) is 9.46. The number of ether oxygens (including phenoxy) is 2. The van der Waals surface area contributed by atoms with Crippen LogP contribution in [-0.2, 0) is 4.79 Å². The van der Waals surface area contributed by atoms with Crippen molar-refractivity contribution in [2.24, 2.45) is 5.41 Å². The van der Waals surface area contributed by atoms with Gasteiger partial charge in [-0.1, -0.05) is 0 Å². The SMILES string of the molecule is COc1ccc(OCC2(CC(=O)O)CC2)cc1[N+](=O)[O-]. The van der Waals surface area contributed by atoms with Gasteiger partial charge in [-0.15, -0.1) is 0 Å². The minimum Gasteiger partial charge on any atom is -0.493 e. The van der Waals surface area contributed by atoms with Crippen molar-refractivity contribution in [2.75, 3.05) is 13.7 Å². The number of methoxy groups -OCH3 is 1. The molecule has 0 aromatic heterocycles. The van der Waals surface area contributed by atoms with Crippen molar-refractivity contribution in [3.63, 3.8) is 0 Å². The second-order valence-electron chi connectivity index (χ2n) is 4.95. The number of nitrogens with zero attached hydrogens (tertiary/aromatic N) is 1. The smallest absolute Gasteiger partial charge is 0.314 e. The van der Waals surface area contributed by atoms with Crippen molar-refractivity contribution >= 4 is 11.7 Å². The van der Waals surface area contributed by atoms with Gasteiger partial charge in [-0.3, -0.25) is 14.9 Å². The van der Waals surface area contributed by atoms with E-state index < -0.39 is 10.9 Å². The second kappa shape index (κ2) is 5.36. The molecule has 0 amide bonds. The summed E-state index contributed by atoms with van der Waals surface area (Å²) in [7, 11) is 1.36. The molecular formula is C13H15NO6. The number of rotatable bonds is 7. The van der Waals surface area contributed by atoms with Crippen molar-refractivity contribution in [1.82, 2.24) is 0 Å². The van der Waals surface area contributed by atoms with Crippen LogP contribution in [-0.4, -0.2) is 29.7 Å². The Balaban J connectivity index is 2.05. The summed E-state index contributed by atoms with van der Waals surface area (Å²) in [5.74, 6) is -0.352. The molecule has 0 saturated heterocycles. The Morgan fingerprint density at radius 3 is 2.70 bits per heavy atom. The molecule has 7 heteroatoms. The van der Waals surface area contributed by atoms with Gasteiger partial charge in [-0.2, -0.15) is 0 Å². The van der Waals surface area contributed by atoms with Crippen molar-refractivity contribution in [2.45, 2.75) is 19.3 Å². The molecule has 1 aliphatic rings. The van der Waals surface area contributed by atoms with E-state index in [1.807, 2.05) is 0 Å². The summed E-state index contributed by atoms with van der Waals surface area (Å²) in [6.45, 7) is 0.253. The van der Waals surface area contributed by atoms with Crippen LogP contribution in [0.2, 0.25) is 0 Å². The van der Waals surface area contributed by atoms with E-state index in [4.69, 9.17) is 14.6 Å². The largest absolute Gasteiger partial charge is 0.493 e. The maximum atomic E-state index is 10.9. The maximum Gasteiger partial charge on any atom is 0.314 e. The van der Waals surface area contributed by atoms with Gasteiger partial charge >= 0.3 is 11.7 Å². The number of carboxylic acids is 1. The first-order valence-corrected chi connectivity index (χ1v) is 6.13. The maximum absolute atomic E-state index is 10.9. The lowest BCUT2D eigenvalue weighted by atomic mass is 10.0. The van der Waals surface area contributed by atoms with E-state index >= 15 is 0 Å². The van der Waals surface area contributed by atoms with E-state index in [-0.39, 0.29) is 29.9 Å². The number of carbonyl (C=O) groups is 1. The van der Waals surface area contributed by atoms with Crippen LogP contribution < -0.4 is 9.47 Å². The number of benzene rings is 1. The van der Waals surface area contributed by atoms with Gasteiger partial charge in [0, 0.05) is 5.41 Å². The van der Waals surface area contributed by atoms with E-state index in [1.54, 1.807) is 6.07 Å². The van der Waals surface area contributed by atoms with Gasteiger partial charge in [0.1, 0.15) is 5.75 Å². The van der Waals surface area contributed by atoms with Crippen LogP contribution in [0.25, 0.3) is 0 Å². The van der Waals surface area contributed by atoms with Gasteiger partial charge in [0.2, 0.25) is 0 Å². The van der Waals surface area contributed by atoms with Gasteiger partial charge in [-0.05, 0) is 25.0 Å². The molecule has 0 bridgehead atoms. The number of hydrogen-bond acceptors (Lipinski definition) is 5. The summed E-state index contributed by atoms with van der Waals surface area (Å²) in [5.41, 5.74) is -0.492. The molecule has 1 aromatic carbocycles. The molecule has 20 heavy (non-hydrogen) atoms. The molecule has 0 atom stereocenters. The third-order valence-corrected chi connectivity index (χ3v) is 3.38. The molecule has 2 rings (SSSR count). The topological polar surface area (TPSA) is 98.9 Å². The average molecular weight is 281 g/mol. The average Bonchev–Trinajstić information content (AvgIpc) is 3.15. The molecule has 0 aliphatic heterocycles. The summed E-state index contributed by atoms with van der Waals surface area (Å²) >= 11 is 0. The molecule has 0 spiro atoms. The molecule has 1 aromatic rings. The lowest BCUT2D eigenvalue weighted by Gasteiger charge is -2.14. The van der Waals surface area contributed by atoms with Crippen LogP contribution in [0, 0.1) is 15.5 Å². The van der Waals surface area contributed by atoms with E-state index in [9.17, 15) is 14.9 Å². The molecule has 108 valence electrons. The predicted octanol–water partition coefficient (Wildman–Crippen LogP) is 2.24. The van der Waals surface area contributed by atoms with Crippen molar-refractivity contribution in [3.05, 3.63) is 28.3 Å². The fourth-order valence-corrected chi connectivity index (χ4v) is 2.01. The van der Waals surface area contributed by atoms with Crippen LogP contribution in [0.15, 0.2) is 18.2 Å². The summed E-state index contributed by atoms with van der Waals surface area (Å²) in [6, 6.07) is 4.32. The third kappa shape index (κ3) is 3.17. The van der Waals surface area contributed by atoms with Gasteiger partial charge in [-0.25, -0.2) is 0 Å². The van der Waals surface area contributed by atoms with Crippen molar-refractivity contribution in [3.8, 4) is 11.5 Å². The normalized spacial score (nSPS) is 15.4. The van der Waals surface area contributed by atoms with Crippen molar-refractivity contribution < 1.29 is 24.3 Å².